The molecule has 1 aliphatic heterocycles. The molecule has 0 fully saturated rings. The van der Waals surface area contributed by atoms with Gasteiger partial charge in [0.05, 0.1) is 16.7 Å². The summed E-state index contributed by atoms with van der Waals surface area (Å²) in [5.74, 6) is 0. The molecular weight excluding hydrogens is 951 g/mol. The Morgan fingerprint density at radius 3 is 1.74 bits per heavy atom. The van der Waals surface area contributed by atoms with Gasteiger partial charge in [-0.1, -0.05) is 183 Å². The van der Waals surface area contributed by atoms with Crippen LogP contribution < -0.4 is 9.80 Å². The van der Waals surface area contributed by atoms with E-state index in [9.17, 15) is 0 Å². The molecule has 3 nitrogen and oxygen atoms in total. The monoisotopic (exact) mass is 999 g/mol. The third-order valence-electron chi connectivity index (χ3n) is 15.7. The maximum Gasteiger partial charge on any atom is 0.0554 e. The lowest BCUT2D eigenvalue weighted by Crippen LogP contribution is -2.18. The third-order valence-corrected chi connectivity index (χ3v) is 16.8. The predicted octanol–water partition coefficient (Wildman–Crippen LogP) is 20.7. The largest absolute Gasteiger partial charge is 0.337 e. The fourth-order valence-electron chi connectivity index (χ4n) is 12.1. The number of thiophene rings is 1. The second-order valence-electron chi connectivity index (χ2n) is 20.1. The quantitative estimate of drug-likeness (QED) is 0.147. The van der Waals surface area contributed by atoms with Crippen LogP contribution in [0.5, 0.6) is 0 Å². The van der Waals surface area contributed by atoms with Gasteiger partial charge in [-0.05, 0) is 157 Å². The van der Waals surface area contributed by atoms with Crippen molar-refractivity contribution in [1.29, 1.82) is 0 Å². The van der Waals surface area contributed by atoms with Gasteiger partial charge in [0, 0.05) is 71.5 Å². The molecule has 0 amide bonds. The molecule has 0 aliphatic carbocycles. The van der Waals surface area contributed by atoms with Crippen LogP contribution in [0.4, 0.5) is 28.4 Å². The van der Waals surface area contributed by atoms with Gasteiger partial charge in [0.15, 0.2) is 0 Å². The van der Waals surface area contributed by atoms with Crippen molar-refractivity contribution < 1.29 is 0 Å². The zero-order valence-corrected chi connectivity index (χ0v) is 43.0. The Hall–Kier alpha value is -9.74. The summed E-state index contributed by atoms with van der Waals surface area (Å²) in [5.41, 5.74) is 15.6. The number of allylic oxidation sites excluding steroid dienone is 4. The molecule has 0 atom stereocenters. The van der Waals surface area contributed by atoms with Crippen molar-refractivity contribution in [3.05, 3.63) is 285 Å². The molecule has 12 aromatic carbocycles. The summed E-state index contributed by atoms with van der Waals surface area (Å²) in [6.07, 6.45) is 6.90. The first-order valence-electron chi connectivity index (χ1n) is 26.4. The van der Waals surface area contributed by atoms with E-state index in [0.717, 1.165) is 61.7 Å². The van der Waals surface area contributed by atoms with Crippen LogP contribution in [0.15, 0.2) is 280 Å². The zero-order chi connectivity index (χ0) is 51.0. The fourth-order valence-corrected chi connectivity index (χ4v) is 13.3. The summed E-state index contributed by atoms with van der Waals surface area (Å²) in [6.45, 7) is 5.59. The lowest BCUT2D eigenvalue weighted by molar-refractivity contribution is 1.09. The van der Waals surface area contributed by atoms with E-state index < -0.39 is 0 Å². The van der Waals surface area contributed by atoms with Gasteiger partial charge >= 0.3 is 0 Å². The van der Waals surface area contributed by atoms with Crippen LogP contribution in [-0.4, -0.2) is 11.1 Å². The summed E-state index contributed by atoms with van der Waals surface area (Å²) in [5, 5.41) is 12.5. The van der Waals surface area contributed by atoms with E-state index in [1.54, 1.807) is 0 Å². The van der Waals surface area contributed by atoms with Crippen molar-refractivity contribution in [1.82, 2.24) is 4.57 Å². The molecule has 2 aromatic heterocycles. The molecule has 1 aliphatic rings. The summed E-state index contributed by atoms with van der Waals surface area (Å²) in [7, 11) is 0. The highest BCUT2D eigenvalue weighted by Crippen LogP contribution is 2.47. The number of aromatic nitrogens is 1. The Morgan fingerprint density at radius 1 is 0.403 bits per heavy atom. The van der Waals surface area contributed by atoms with E-state index in [1.807, 2.05) is 11.3 Å². The van der Waals surface area contributed by atoms with Crippen LogP contribution in [0.3, 0.4) is 0 Å². The molecule has 77 heavy (non-hydrogen) atoms. The summed E-state index contributed by atoms with van der Waals surface area (Å²) < 4.78 is 4.99. The normalized spacial score (nSPS) is 14.0. The smallest absolute Gasteiger partial charge is 0.0554 e. The van der Waals surface area contributed by atoms with Crippen LogP contribution in [0.25, 0.3) is 108 Å². The lowest BCUT2D eigenvalue weighted by Gasteiger charge is -2.28. The van der Waals surface area contributed by atoms with Gasteiger partial charge in [0.1, 0.15) is 0 Å². The van der Waals surface area contributed by atoms with Gasteiger partial charge in [-0.3, -0.25) is 0 Å². The third kappa shape index (κ3) is 7.48. The number of para-hydroxylation sites is 2. The van der Waals surface area contributed by atoms with Crippen LogP contribution >= 0.6 is 11.3 Å². The first-order chi connectivity index (χ1) is 38.1. The standard InChI is InChI=1S/C73H49N3S/c1-48-44-56(76-68-29-14-12-27-62(68)66-46-52(36-42-69(66)76)49-18-4-2-5-19-49)22-17-43-74(55-39-40-61-59-25-9-8-23-57(59)58-24-10-11-26-60(58)65(61)47-55)67-41-35-51(45-64(48)67)50-33-37-54(38-34-50)75(53-20-6-3-7-21-53)70-30-16-32-72-73(70)63-28-13-15-31-71(63)77-72/h2-42,44-47H,1,43H2/b22-17-,56-44+. The van der Waals surface area contributed by atoms with Crippen LogP contribution in [-0.2, 0) is 0 Å². The fraction of sp³-hybridized carbons (Fsp3) is 0.0137. The highest BCUT2D eigenvalue weighted by molar-refractivity contribution is 7.26. The average molecular weight is 1000 g/mol. The number of hydrogen-bond acceptors (Lipinski definition) is 3. The molecule has 0 bridgehead atoms. The van der Waals surface area contributed by atoms with E-state index in [2.05, 4.69) is 287 Å². The molecule has 15 rings (SSSR count). The van der Waals surface area contributed by atoms with E-state index in [0.29, 0.717) is 6.54 Å². The number of nitrogens with zero attached hydrogens (tertiary/aromatic N) is 3. The molecule has 0 spiro atoms. The Kier molecular flexibility index (Phi) is 10.6. The van der Waals surface area contributed by atoms with Gasteiger partial charge in [-0.2, -0.15) is 0 Å². The van der Waals surface area contributed by atoms with E-state index in [-0.39, 0.29) is 0 Å². The number of anilines is 5. The number of hydrogen-bond donors (Lipinski definition) is 0. The summed E-state index contributed by atoms with van der Waals surface area (Å²) in [6, 6.07) is 93.3. The Bertz CT molecular complexity index is 4700. The molecule has 14 aromatic rings. The van der Waals surface area contributed by atoms with Crippen LogP contribution in [0, 0.1) is 0 Å². The highest BCUT2D eigenvalue weighted by atomic mass is 32.1. The number of fused-ring (bicyclic) bond motifs is 13. The minimum absolute atomic E-state index is 0.638. The molecule has 0 radical (unpaired) electrons. The molecule has 0 N–H and O–H groups in total. The minimum Gasteiger partial charge on any atom is -0.337 e. The molecule has 0 saturated heterocycles. The van der Waals surface area contributed by atoms with Crippen molar-refractivity contribution in [2.75, 3.05) is 16.3 Å². The Morgan fingerprint density at radius 2 is 0.974 bits per heavy atom. The zero-order valence-electron chi connectivity index (χ0n) is 42.1. The highest BCUT2D eigenvalue weighted by Gasteiger charge is 2.23. The van der Waals surface area contributed by atoms with Gasteiger partial charge in [-0.25, -0.2) is 0 Å². The van der Waals surface area contributed by atoms with E-state index >= 15 is 0 Å². The SMILES string of the molecule is C=C1/C=C(n2c3ccccc3c3cc(-c4ccccc4)ccc32)\C=C/CN(c2ccc3c4ccccc4c4ccccc4c3c2)c2ccc(-c3ccc(N(c4ccccc4)c4cccc5sc6ccccc6c45)cc3)cc21. The first kappa shape index (κ1) is 44.7. The van der Waals surface area contributed by atoms with Crippen molar-refractivity contribution in [2.24, 2.45) is 0 Å². The first-order valence-corrected chi connectivity index (χ1v) is 27.2. The van der Waals surface area contributed by atoms with Gasteiger partial charge in [0.25, 0.3) is 0 Å². The minimum atomic E-state index is 0.638. The number of rotatable bonds is 7. The maximum absolute atomic E-state index is 4.95. The van der Waals surface area contributed by atoms with Gasteiger partial charge in [-0.15, -0.1) is 11.3 Å². The molecule has 362 valence electrons. The Labute approximate surface area is 451 Å². The van der Waals surface area contributed by atoms with Crippen molar-refractivity contribution in [3.63, 3.8) is 0 Å². The maximum atomic E-state index is 4.95. The molecule has 3 heterocycles. The summed E-state index contributed by atoms with van der Waals surface area (Å²) >= 11 is 1.85. The molecule has 0 saturated carbocycles. The molecule has 4 heteroatoms. The number of benzene rings is 12. The van der Waals surface area contributed by atoms with Crippen molar-refractivity contribution in [3.8, 4) is 22.3 Å². The topological polar surface area (TPSA) is 11.4 Å². The molecular formula is C73H49N3S. The van der Waals surface area contributed by atoms with E-state index in [1.165, 1.54) is 80.1 Å². The van der Waals surface area contributed by atoms with Crippen LogP contribution in [0.2, 0.25) is 0 Å². The van der Waals surface area contributed by atoms with Crippen LogP contribution in [0.1, 0.15) is 5.56 Å². The average Bonchev–Trinajstić information content (AvgIpc) is 4.20. The van der Waals surface area contributed by atoms with E-state index in [4.69, 9.17) is 6.58 Å². The molecule has 0 unspecified atom stereocenters. The van der Waals surface area contributed by atoms with Gasteiger partial charge < -0.3 is 14.4 Å². The van der Waals surface area contributed by atoms with Gasteiger partial charge in [0.2, 0.25) is 0 Å². The summed E-state index contributed by atoms with van der Waals surface area (Å²) in [4.78, 5) is 4.87. The Balaban J connectivity index is 0.889. The second kappa shape index (κ2) is 18.3. The van der Waals surface area contributed by atoms with Crippen molar-refractivity contribution in [2.45, 2.75) is 0 Å². The lowest BCUT2D eigenvalue weighted by atomic mass is 9.93. The predicted molar refractivity (Wildman–Crippen MR) is 333 cm³/mol. The second-order valence-corrected chi connectivity index (χ2v) is 21.2. The van der Waals surface area contributed by atoms with Crippen molar-refractivity contribution >= 4 is 125 Å².